The summed E-state index contributed by atoms with van der Waals surface area (Å²) in [4.78, 5) is 25.0. The second-order valence-electron chi connectivity index (χ2n) is 5.63. The second kappa shape index (κ2) is 6.95. The quantitative estimate of drug-likeness (QED) is 0.727. The van der Waals surface area contributed by atoms with Crippen molar-refractivity contribution in [3.05, 3.63) is 81.1 Å². The van der Waals surface area contributed by atoms with E-state index in [0.717, 1.165) is 16.7 Å². The number of nitrogens with zero attached hydrogens (tertiary/aromatic N) is 1. The molecule has 0 fully saturated rings. The molecule has 0 unspecified atom stereocenters. The van der Waals surface area contributed by atoms with E-state index in [1.807, 2.05) is 0 Å². The smallest absolute Gasteiger partial charge is 0.347 e. The van der Waals surface area contributed by atoms with Crippen molar-refractivity contribution in [1.82, 2.24) is 4.40 Å². The summed E-state index contributed by atoms with van der Waals surface area (Å²) in [6.45, 7) is 1.57. The zero-order valence-corrected chi connectivity index (χ0v) is 13.8. The number of aromatic hydroxyl groups is 1. The summed E-state index contributed by atoms with van der Waals surface area (Å²) in [5, 5.41) is 10.3. The number of benzene rings is 1. The van der Waals surface area contributed by atoms with Crippen LogP contribution in [0.15, 0.2) is 47.4 Å². The first-order valence-electron chi connectivity index (χ1n) is 7.89. The van der Waals surface area contributed by atoms with E-state index in [0.29, 0.717) is 5.56 Å². The third kappa shape index (κ3) is 3.15. The van der Waals surface area contributed by atoms with E-state index in [-0.39, 0.29) is 24.1 Å². The van der Waals surface area contributed by atoms with Gasteiger partial charge in [0.1, 0.15) is 11.6 Å². The van der Waals surface area contributed by atoms with E-state index < -0.39 is 34.5 Å². The number of hydrogen-bond acceptors (Lipinski definition) is 4. The first-order valence-corrected chi connectivity index (χ1v) is 7.89. The van der Waals surface area contributed by atoms with Crippen molar-refractivity contribution >= 4 is 11.5 Å². The summed E-state index contributed by atoms with van der Waals surface area (Å²) in [6, 6.07) is 8.00. The minimum absolute atomic E-state index is 0.0108. The molecule has 0 bridgehead atoms. The Kier molecular flexibility index (Phi) is 4.71. The number of aromatic nitrogens is 1. The number of carbonyl (C=O) groups is 1. The Bertz CT molecular complexity index is 1040. The standard InChI is InChI=1S/C19H15F2NO4/c1-2-26-19(25)16-17(23)14(9-11-3-5-12(20)6-4-11)15-8-7-13(21)10-22(15)18(16)24/h3-8,10,24H,2,9H2,1H3. The molecule has 0 aliphatic heterocycles. The van der Waals surface area contributed by atoms with Gasteiger partial charge in [0.15, 0.2) is 5.56 Å². The van der Waals surface area contributed by atoms with Gasteiger partial charge < -0.3 is 9.84 Å². The Labute approximate surface area is 147 Å². The molecule has 0 atom stereocenters. The van der Waals surface area contributed by atoms with Crippen molar-refractivity contribution < 1.29 is 23.4 Å². The first kappa shape index (κ1) is 17.6. The molecule has 0 aliphatic rings. The average Bonchev–Trinajstić information content (AvgIpc) is 2.61. The summed E-state index contributed by atoms with van der Waals surface area (Å²) in [5.74, 6) is -2.76. The van der Waals surface area contributed by atoms with Crippen molar-refractivity contribution in [1.29, 1.82) is 0 Å². The van der Waals surface area contributed by atoms with Gasteiger partial charge in [-0.25, -0.2) is 13.6 Å². The van der Waals surface area contributed by atoms with Crippen LogP contribution in [0.4, 0.5) is 8.78 Å². The van der Waals surface area contributed by atoms with E-state index in [9.17, 15) is 23.5 Å². The topological polar surface area (TPSA) is 68.0 Å². The Morgan fingerprint density at radius 1 is 1.12 bits per heavy atom. The van der Waals surface area contributed by atoms with Crippen molar-refractivity contribution in [2.75, 3.05) is 6.61 Å². The maximum absolute atomic E-state index is 13.6. The molecule has 5 nitrogen and oxygen atoms in total. The van der Waals surface area contributed by atoms with Gasteiger partial charge in [-0.15, -0.1) is 0 Å². The Balaban J connectivity index is 2.27. The van der Waals surface area contributed by atoms with E-state index in [1.54, 1.807) is 6.92 Å². The first-order chi connectivity index (χ1) is 12.4. The molecular weight excluding hydrogens is 344 g/mol. The van der Waals surface area contributed by atoms with Crippen LogP contribution in [0.25, 0.3) is 5.52 Å². The van der Waals surface area contributed by atoms with Crippen molar-refractivity contribution in [2.24, 2.45) is 0 Å². The van der Waals surface area contributed by atoms with Crippen molar-refractivity contribution in [2.45, 2.75) is 13.3 Å². The lowest BCUT2D eigenvalue weighted by Crippen LogP contribution is -2.23. The predicted molar refractivity (Wildman–Crippen MR) is 90.5 cm³/mol. The van der Waals surface area contributed by atoms with Gasteiger partial charge in [0, 0.05) is 18.2 Å². The molecule has 26 heavy (non-hydrogen) atoms. The summed E-state index contributed by atoms with van der Waals surface area (Å²) < 4.78 is 32.6. The molecule has 0 radical (unpaired) electrons. The zero-order chi connectivity index (χ0) is 18.8. The molecule has 0 spiro atoms. The van der Waals surface area contributed by atoms with Crippen LogP contribution < -0.4 is 5.43 Å². The minimum atomic E-state index is -0.992. The zero-order valence-electron chi connectivity index (χ0n) is 13.8. The van der Waals surface area contributed by atoms with Crippen LogP contribution in [0.1, 0.15) is 28.4 Å². The van der Waals surface area contributed by atoms with E-state index >= 15 is 0 Å². The lowest BCUT2D eigenvalue weighted by Gasteiger charge is -2.13. The SMILES string of the molecule is CCOC(=O)c1c(O)n2cc(F)ccc2c(Cc2ccc(F)cc2)c1=O. The number of rotatable bonds is 4. The van der Waals surface area contributed by atoms with Crippen LogP contribution in [-0.4, -0.2) is 22.1 Å². The summed E-state index contributed by atoms with van der Waals surface area (Å²) >= 11 is 0. The summed E-state index contributed by atoms with van der Waals surface area (Å²) in [5.41, 5.74) is -0.247. The van der Waals surface area contributed by atoms with Crippen LogP contribution in [-0.2, 0) is 11.2 Å². The van der Waals surface area contributed by atoms with E-state index in [1.165, 1.54) is 30.3 Å². The van der Waals surface area contributed by atoms with Crippen LogP contribution in [0.2, 0.25) is 0 Å². The van der Waals surface area contributed by atoms with Gasteiger partial charge in [-0.3, -0.25) is 9.20 Å². The normalized spacial score (nSPS) is 10.9. The number of fused-ring (bicyclic) bond motifs is 1. The third-order valence-corrected chi connectivity index (χ3v) is 3.95. The highest BCUT2D eigenvalue weighted by Gasteiger charge is 2.24. The van der Waals surface area contributed by atoms with Crippen molar-refractivity contribution in [3.8, 4) is 5.88 Å². The van der Waals surface area contributed by atoms with Crippen LogP contribution in [0.3, 0.4) is 0 Å². The lowest BCUT2D eigenvalue weighted by molar-refractivity contribution is 0.0520. The molecular formula is C19H15F2NO4. The monoisotopic (exact) mass is 359 g/mol. The van der Waals surface area contributed by atoms with Gasteiger partial charge in [-0.1, -0.05) is 12.1 Å². The molecule has 7 heteroatoms. The Morgan fingerprint density at radius 2 is 1.77 bits per heavy atom. The predicted octanol–water partition coefficient (Wildman–Crippen LogP) is 3.05. The molecule has 0 amide bonds. The summed E-state index contributed by atoms with van der Waals surface area (Å²) in [6.07, 6.45) is 1.04. The van der Waals surface area contributed by atoms with Crippen LogP contribution in [0.5, 0.6) is 5.88 Å². The molecule has 1 aromatic carbocycles. The molecule has 3 rings (SSSR count). The highest BCUT2D eigenvalue weighted by Crippen LogP contribution is 2.23. The Hall–Kier alpha value is -3.22. The molecule has 0 aliphatic carbocycles. The average molecular weight is 359 g/mol. The molecule has 134 valence electrons. The molecule has 2 aromatic heterocycles. The van der Waals surface area contributed by atoms with Crippen LogP contribution in [0, 0.1) is 11.6 Å². The number of ether oxygens (including phenoxy) is 1. The van der Waals surface area contributed by atoms with Gasteiger partial charge in [0.05, 0.1) is 12.1 Å². The maximum Gasteiger partial charge on any atom is 0.347 e. The van der Waals surface area contributed by atoms with Gasteiger partial charge in [0.2, 0.25) is 11.3 Å². The number of pyridine rings is 2. The number of hydrogen-bond donors (Lipinski definition) is 1. The molecule has 2 heterocycles. The highest BCUT2D eigenvalue weighted by molar-refractivity contribution is 5.93. The van der Waals surface area contributed by atoms with E-state index in [4.69, 9.17) is 4.74 Å². The second-order valence-corrected chi connectivity index (χ2v) is 5.63. The third-order valence-electron chi connectivity index (χ3n) is 3.95. The highest BCUT2D eigenvalue weighted by atomic mass is 19.1. The van der Waals surface area contributed by atoms with Crippen LogP contribution >= 0.6 is 0 Å². The molecule has 0 saturated carbocycles. The van der Waals surface area contributed by atoms with Crippen molar-refractivity contribution in [3.63, 3.8) is 0 Å². The number of esters is 1. The fourth-order valence-corrected chi connectivity index (χ4v) is 2.75. The fourth-order valence-electron chi connectivity index (χ4n) is 2.75. The Morgan fingerprint density at radius 3 is 2.42 bits per heavy atom. The number of halogens is 2. The number of carbonyl (C=O) groups excluding carboxylic acids is 1. The largest absolute Gasteiger partial charge is 0.493 e. The fraction of sp³-hybridized carbons (Fsp3) is 0.158. The maximum atomic E-state index is 13.6. The van der Waals surface area contributed by atoms with Gasteiger partial charge >= 0.3 is 5.97 Å². The summed E-state index contributed by atoms with van der Waals surface area (Å²) in [7, 11) is 0. The van der Waals surface area contributed by atoms with Gasteiger partial charge in [-0.2, -0.15) is 0 Å². The van der Waals surface area contributed by atoms with E-state index in [2.05, 4.69) is 0 Å². The lowest BCUT2D eigenvalue weighted by atomic mass is 10.0. The van der Waals surface area contributed by atoms with Gasteiger partial charge in [-0.05, 0) is 36.8 Å². The molecule has 1 N–H and O–H groups in total. The molecule has 3 aromatic rings. The minimum Gasteiger partial charge on any atom is -0.493 e. The van der Waals surface area contributed by atoms with Gasteiger partial charge in [0.25, 0.3) is 0 Å². The molecule has 0 saturated heterocycles.